The average Bonchev–Trinajstić information content (AvgIpc) is 3.40. The normalized spacial score (nSPS) is 12.1. The summed E-state index contributed by atoms with van der Waals surface area (Å²) >= 11 is 1.19. The summed E-state index contributed by atoms with van der Waals surface area (Å²) in [7, 11) is 0. The van der Waals surface area contributed by atoms with Gasteiger partial charge in [0.2, 0.25) is 0 Å². The van der Waals surface area contributed by atoms with Crippen LogP contribution in [0.3, 0.4) is 0 Å². The van der Waals surface area contributed by atoms with Crippen molar-refractivity contribution < 1.29 is 23.4 Å². The number of furan rings is 1. The quantitative estimate of drug-likeness (QED) is 0.463. The maximum Gasteiger partial charge on any atom is 0.261 e. The Morgan fingerprint density at radius 2 is 1.97 bits per heavy atom. The van der Waals surface area contributed by atoms with Crippen LogP contribution in [0.4, 0.5) is 4.39 Å². The monoisotopic (exact) mass is 411 g/mol. The van der Waals surface area contributed by atoms with E-state index in [-0.39, 0.29) is 13.2 Å². The van der Waals surface area contributed by atoms with Gasteiger partial charge in [-0.15, -0.1) is 11.3 Å². The molecule has 0 bridgehead atoms. The fourth-order valence-electron chi connectivity index (χ4n) is 3.01. The molecule has 0 fully saturated rings. The molecule has 0 radical (unpaired) electrons. The van der Waals surface area contributed by atoms with Crippen LogP contribution in [0.5, 0.6) is 5.75 Å². The molecule has 7 heteroatoms. The van der Waals surface area contributed by atoms with Gasteiger partial charge in [0.25, 0.3) is 5.91 Å². The van der Waals surface area contributed by atoms with E-state index in [0.717, 1.165) is 0 Å². The molecule has 4 rings (SSSR count). The number of para-hydroxylation sites is 1. The van der Waals surface area contributed by atoms with Gasteiger partial charge in [-0.2, -0.15) is 0 Å². The molecule has 148 valence electrons. The van der Waals surface area contributed by atoms with E-state index < -0.39 is 17.8 Å². The highest BCUT2D eigenvalue weighted by atomic mass is 32.1. The van der Waals surface area contributed by atoms with Crippen molar-refractivity contribution in [2.75, 3.05) is 6.54 Å². The number of thiophene rings is 1. The molecule has 0 aliphatic rings. The number of nitrogens with one attached hydrogen (secondary N) is 1. The molecule has 0 aliphatic carbocycles. The van der Waals surface area contributed by atoms with Gasteiger partial charge in [-0.25, -0.2) is 4.39 Å². The van der Waals surface area contributed by atoms with Gasteiger partial charge < -0.3 is 19.6 Å². The fourth-order valence-corrected chi connectivity index (χ4v) is 4.15. The first-order valence-corrected chi connectivity index (χ1v) is 9.82. The summed E-state index contributed by atoms with van der Waals surface area (Å²) in [5.41, 5.74) is 0.483. The van der Waals surface area contributed by atoms with E-state index >= 15 is 0 Å². The minimum Gasteiger partial charge on any atom is -0.489 e. The third kappa shape index (κ3) is 4.16. The summed E-state index contributed by atoms with van der Waals surface area (Å²) < 4.78 is 26.1. The van der Waals surface area contributed by atoms with Gasteiger partial charge in [-0.3, -0.25) is 4.79 Å². The molecule has 5 nitrogen and oxygen atoms in total. The first kappa shape index (κ1) is 19.2. The van der Waals surface area contributed by atoms with Crippen LogP contribution >= 0.6 is 11.3 Å². The number of aliphatic hydroxyl groups is 1. The molecule has 1 amide bonds. The lowest BCUT2D eigenvalue weighted by molar-refractivity contribution is 0.0903. The second-order valence-electron chi connectivity index (χ2n) is 6.37. The van der Waals surface area contributed by atoms with E-state index in [4.69, 9.17) is 9.15 Å². The van der Waals surface area contributed by atoms with Crippen molar-refractivity contribution in [3.8, 4) is 5.75 Å². The predicted octanol–water partition coefficient (Wildman–Crippen LogP) is 4.68. The van der Waals surface area contributed by atoms with Gasteiger partial charge in [0.05, 0.1) is 17.7 Å². The molecule has 29 heavy (non-hydrogen) atoms. The van der Waals surface area contributed by atoms with Crippen LogP contribution in [-0.4, -0.2) is 17.6 Å². The highest BCUT2D eigenvalue weighted by molar-refractivity contribution is 7.21. The number of hydrogen-bond donors (Lipinski definition) is 2. The van der Waals surface area contributed by atoms with Gasteiger partial charge >= 0.3 is 0 Å². The lowest BCUT2D eigenvalue weighted by Gasteiger charge is -2.11. The van der Waals surface area contributed by atoms with Crippen LogP contribution in [-0.2, 0) is 6.61 Å². The lowest BCUT2D eigenvalue weighted by atomic mass is 10.1. The topological polar surface area (TPSA) is 71.7 Å². The third-order valence-electron chi connectivity index (χ3n) is 4.42. The number of hydrogen-bond acceptors (Lipinski definition) is 5. The van der Waals surface area contributed by atoms with Crippen LogP contribution in [0.1, 0.15) is 27.1 Å². The Bertz CT molecular complexity index is 1110. The summed E-state index contributed by atoms with van der Waals surface area (Å²) in [5, 5.41) is 13.2. The van der Waals surface area contributed by atoms with Gasteiger partial charge in [0.15, 0.2) is 0 Å². The molecule has 2 aromatic carbocycles. The Kier molecular flexibility index (Phi) is 5.59. The van der Waals surface area contributed by atoms with E-state index in [1.165, 1.54) is 23.7 Å². The van der Waals surface area contributed by atoms with Crippen LogP contribution in [0.2, 0.25) is 0 Å². The van der Waals surface area contributed by atoms with Crippen molar-refractivity contribution in [1.29, 1.82) is 0 Å². The van der Waals surface area contributed by atoms with Crippen molar-refractivity contribution in [1.82, 2.24) is 5.32 Å². The SMILES string of the molecule is O=C(NCC(O)c1ccco1)c1sc2cccc(F)c2c1COc1ccccc1. The minimum atomic E-state index is -0.968. The maximum atomic E-state index is 14.5. The minimum absolute atomic E-state index is 0.0257. The van der Waals surface area contributed by atoms with Crippen molar-refractivity contribution in [3.05, 3.63) is 88.9 Å². The van der Waals surface area contributed by atoms with E-state index in [1.807, 2.05) is 18.2 Å². The number of amides is 1. The summed E-state index contributed by atoms with van der Waals surface area (Å²) in [5.74, 6) is 0.186. The molecule has 2 N–H and O–H groups in total. The smallest absolute Gasteiger partial charge is 0.261 e. The largest absolute Gasteiger partial charge is 0.489 e. The van der Waals surface area contributed by atoms with Crippen molar-refractivity contribution in [2.24, 2.45) is 0 Å². The molecule has 2 aromatic heterocycles. The molecule has 0 saturated carbocycles. The Balaban J connectivity index is 1.58. The van der Waals surface area contributed by atoms with Crippen molar-refractivity contribution in [3.63, 3.8) is 0 Å². The van der Waals surface area contributed by atoms with E-state index in [1.54, 1.807) is 36.4 Å². The molecule has 1 atom stereocenters. The molecule has 0 spiro atoms. The number of halogens is 1. The van der Waals surface area contributed by atoms with Crippen LogP contribution < -0.4 is 10.1 Å². The Morgan fingerprint density at radius 1 is 1.14 bits per heavy atom. The van der Waals surface area contributed by atoms with Gasteiger partial charge in [0, 0.05) is 15.6 Å². The second kappa shape index (κ2) is 8.46. The summed E-state index contributed by atoms with van der Waals surface area (Å²) in [6.07, 6.45) is 0.484. The predicted molar refractivity (Wildman–Crippen MR) is 109 cm³/mol. The summed E-state index contributed by atoms with van der Waals surface area (Å²) in [6.45, 7) is 0.0243. The second-order valence-corrected chi connectivity index (χ2v) is 7.42. The van der Waals surface area contributed by atoms with Crippen molar-refractivity contribution in [2.45, 2.75) is 12.7 Å². The number of rotatable bonds is 7. The van der Waals surface area contributed by atoms with Crippen LogP contribution in [0.25, 0.3) is 10.1 Å². The zero-order valence-corrected chi connectivity index (χ0v) is 16.1. The van der Waals surface area contributed by atoms with Crippen molar-refractivity contribution >= 4 is 27.3 Å². The lowest BCUT2D eigenvalue weighted by Crippen LogP contribution is -2.28. The van der Waals surface area contributed by atoms with Gasteiger partial charge in [-0.05, 0) is 36.4 Å². The number of carbonyl (C=O) groups excluding carboxylic acids is 1. The molecule has 4 aromatic rings. The molecular weight excluding hydrogens is 393 g/mol. The van der Waals surface area contributed by atoms with E-state index in [0.29, 0.717) is 32.0 Å². The fraction of sp³-hybridized carbons (Fsp3) is 0.136. The first-order chi connectivity index (χ1) is 14.1. The summed E-state index contributed by atoms with van der Waals surface area (Å²) in [4.78, 5) is 13.2. The highest BCUT2D eigenvalue weighted by Gasteiger charge is 2.22. The Labute approximate surface area is 170 Å². The van der Waals surface area contributed by atoms with Gasteiger partial charge in [-0.1, -0.05) is 24.3 Å². The zero-order valence-electron chi connectivity index (χ0n) is 15.3. The number of ether oxygens (including phenoxy) is 1. The Hall–Kier alpha value is -3.16. The van der Waals surface area contributed by atoms with E-state index in [2.05, 4.69) is 5.32 Å². The number of carbonyl (C=O) groups is 1. The molecule has 0 aliphatic heterocycles. The Morgan fingerprint density at radius 3 is 2.72 bits per heavy atom. The number of fused-ring (bicyclic) bond motifs is 1. The highest BCUT2D eigenvalue weighted by Crippen LogP contribution is 2.34. The molecule has 1 unspecified atom stereocenters. The zero-order chi connectivity index (χ0) is 20.2. The van der Waals surface area contributed by atoms with Crippen LogP contribution in [0.15, 0.2) is 71.3 Å². The molecular formula is C22H18FNO4S. The third-order valence-corrected chi connectivity index (χ3v) is 5.62. The standard InChI is InChI=1S/C22H18FNO4S/c23-16-8-4-10-19-20(16)15(13-28-14-6-2-1-3-7-14)21(29-19)22(26)24-12-17(25)18-9-5-11-27-18/h1-11,17,25H,12-13H2,(H,24,26). The maximum absolute atomic E-state index is 14.5. The average molecular weight is 411 g/mol. The molecule has 2 heterocycles. The molecule has 0 saturated heterocycles. The summed E-state index contributed by atoms with van der Waals surface area (Å²) in [6, 6.07) is 17.2. The number of benzene rings is 2. The first-order valence-electron chi connectivity index (χ1n) is 9.01. The van der Waals surface area contributed by atoms with E-state index in [9.17, 15) is 14.3 Å². The van der Waals surface area contributed by atoms with Gasteiger partial charge in [0.1, 0.15) is 30.0 Å². The van der Waals surface area contributed by atoms with Crippen LogP contribution in [0, 0.1) is 5.82 Å². The number of aliphatic hydroxyl groups excluding tert-OH is 1.